The number of carbonyl (C=O) groups is 2. The van der Waals surface area contributed by atoms with Gasteiger partial charge in [0.1, 0.15) is 18.1 Å². The Morgan fingerprint density at radius 2 is 2.00 bits per heavy atom. The molecule has 9 heteroatoms. The molecule has 0 atom stereocenters. The molecule has 0 unspecified atom stereocenters. The summed E-state index contributed by atoms with van der Waals surface area (Å²) in [5.41, 5.74) is 1.09. The van der Waals surface area contributed by atoms with E-state index >= 15 is 0 Å². The van der Waals surface area contributed by atoms with Gasteiger partial charge in [-0.3, -0.25) is 10.1 Å². The molecule has 3 rings (SSSR count). The van der Waals surface area contributed by atoms with Gasteiger partial charge in [-0.15, -0.1) is 0 Å². The van der Waals surface area contributed by atoms with Crippen molar-refractivity contribution in [1.82, 2.24) is 10.6 Å². The fourth-order valence-corrected chi connectivity index (χ4v) is 2.67. The van der Waals surface area contributed by atoms with Gasteiger partial charge in [0.2, 0.25) is 5.76 Å². The molecule has 2 aromatic rings. The Kier molecular flexibility index (Phi) is 5.95. The van der Waals surface area contributed by atoms with Crippen LogP contribution >= 0.6 is 12.2 Å². The van der Waals surface area contributed by atoms with E-state index in [1.165, 1.54) is 13.2 Å². The maximum atomic E-state index is 11.8. The van der Waals surface area contributed by atoms with Gasteiger partial charge in [0.05, 0.1) is 13.7 Å². The van der Waals surface area contributed by atoms with Gasteiger partial charge >= 0.3 is 5.97 Å². The normalized spacial score (nSPS) is 14.6. The highest BCUT2D eigenvalue weighted by Crippen LogP contribution is 2.30. The highest BCUT2D eigenvalue weighted by atomic mass is 32.1. The molecule has 8 nitrogen and oxygen atoms in total. The number of nitrogens with one attached hydrogen (secondary N) is 2. The summed E-state index contributed by atoms with van der Waals surface area (Å²) in [7, 11) is 1.28. The van der Waals surface area contributed by atoms with Gasteiger partial charge in [-0.1, -0.05) is 6.07 Å². The maximum Gasteiger partial charge on any atom is 0.373 e. The topological polar surface area (TPSA) is 99.0 Å². The zero-order chi connectivity index (χ0) is 20.1. The van der Waals surface area contributed by atoms with Crippen molar-refractivity contribution >= 4 is 35.3 Å². The van der Waals surface area contributed by atoms with Gasteiger partial charge in [-0.25, -0.2) is 4.79 Å². The second kappa shape index (κ2) is 8.57. The summed E-state index contributed by atoms with van der Waals surface area (Å²) in [4.78, 5) is 23.2. The van der Waals surface area contributed by atoms with Crippen LogP contribution in [0.15, 0.2) is 40.4 Å². The van der Waals surface area contributed by atoms with Gasteiger partial charge in [-0.2, -0.15) is 0 Å². The van der Waals surface area contributed by atoms with Gasteiger partial charge in [0, 0.05) is 0 Å². The van der Waals surface area contributed by atoms with Crippen LogP contribution in [0.2, 0.25) is 0 Å². The summed E-state index contributed by atoms with van der Waals surface area (Å²) < 4.78 is 21.4. The number of ether oxygens (including phenoxy) is 3. The molecule has 146 valence electrons. The number of methoxy groups -OCH3 is 1. The first-order valence-corrected chi connectivity index (χ1v) is 8.81. The van der Waals surface area contributed by atoms with E-state index in [4.69, 9.17) is 26.1 Å². The predicted molar refractivity (Wildman–Crippen MR) is 104 cm³/mol. The van der Waals surface area contributed by atoms with Gasteiger partial charge in [-0.05, 0) is 55.0 Å². The van der Waals surface area contributed by atoms with E-state index in [9.17, 15) is 9.59 Å². The number of hydrogen-bond donors (Lipinski definition) is 2. The quantitative estimate of drug-likeness (QED) is 0.414. The highest BCUT2D eigenvalue weighted by Gasteiger charge is 2.20. The van der Waals surface area contributed by atoms with Crippen LogP contribution in [0, 0.1) is 0 Å². The first-order chi connectivity index (χ1) is 13.5. The number of amides is 1. The second-order valence-electron chi connectivity index (χ2n) is 5.65. The van der Waals surface area contributed by atoms with Crippen molar-refractivity contribution in [3.05, 3.63) is 53.1 Å². The van der Waals surface area contributed by atoms with E-state index < -0.39 is 5.97 Å². The average Bonchev–Trinajstić information content (AvgIpc) is 3.27. The van der Waals surface area contributed by atoms with Crippen molar-refractivity contribution < 1.29 is 28.2 Å². The summed E-state index contributed by atoms with van der Waals surface area (Å²) in [5, 5.41) is 5.56. The molecule has 1 fully saturated rings. The van der Waals surface area contributed by atoms with E-state index in [0.29, 0.717) is 29.6 Å². The van der Waals surface area contributed by atoms with E-state index in [1.807, 2.05) is 6.92 Å². The lowest BCUT2D eigenvalue weighted by Crippen LogP contribution is -2.21. The minimum atomic E-state index is -0.553. The number of carbonyl (C=O) groups excluding carboxylic acids is 2. The lowest BCUT2D eigenvalue weighted by Gasteiger charge is -2.12. The van der Waals surface area contributed by atoms with Crippen molar-refractivity contribution in [3.8, 4) is 11.5 Å². The van der Waals surface area contributed by atoms with Crippen LogP contribution in [-0.2, 0) is 16.1 Å². The van der Waals surface area contributed by atoms with Crippen LogP contribution in [0.1, 0.15) is 28.8 Å². The molecule has 0 aliphatic carbocycles. The molecule has 1 saturated heterocycles. The first kappa shape index (κ1) is 19.4. The minimum absolute atomic E-state index is 0.105. The summed E-state index contributed by atoms with van der Waals surface area (Å²) >= 11 is 4.92. The molecule has 1 aliphatic heterocycles. The number of hydrogen-bond acceptors (Lipinski definition) is 7. The Morgan fingerprint density at radius 3 is 2.68 bits per heavy atom. The van der Waals surface area contributed by atoms with Crippen molar-refractivity contribution in [2.45, 2.75) is 13.5 Å². The Morgan fingerprint density at radius 1 is 1.18 bits per heavy atom. The fourth-order valence-electron chi connectivity index (χ4n) is 2.47. The monoisotopic (exact) mass is 402 g/mol. The van der Waals surface area contributed by atoms with Crippen LogP contribution in [-0.4, -0.2) is 30.7 Å². The van der Waals surface area contributed by atoms with Crippen molar-refractivity contribution in [2.24, 2.45) is 0 Å². The predicted octanol–water partition coefficient (Wildman–Crippen LogP) is 2.39. The third-order valence-corrected chi connectivity index (χ3v) is 3.92. The molecule has 1 aromatic heterocycles. The molecule has 0 bridgehead atoms. The Labute approximate surface area is 166 Å². The third-order valence-electron chi connectivity index (χ3n) is 3.72. The number of furan rings is 1. The lowest BCUT2D eigenvalue weighted by molar-refractivity contribution is -0.115. The number of thiocarbonyl (C=S) groups is 1. The molecule has 2 heterocycles. The van der Waals surface area contributed by atoms with Crippen LogP contribution in [0.25, 0.3) is 6.08 Å². The van der Waals surface area contributed by atoms with E-state index in [-0.39, 0.29) is 23.4 Å². The van der Waals surface area contributed by atoms with Crippen LogP contribution < -0.4 is 20.1 Å². The molecule has 28 heavy (non-hydrogen) atoms. The fraction of sp³-hybridized carbons (Fsp3) is 0.211. The van der Waals surface area contributed by atoms with E-state index in [2.05, 4.69) is 15.4 Å². The lowest BCUT2D eigenvalue weighted by atomic mass is 10.1. The number of rotatable bonds is 7. The molecule has 2 N–H and O–H groups in total. The average molecular weight is 402 g/mol. The molecular weight excluding hydrogens is 384 g/mol. The van der Waals surface area contributed by atoms with Gasteiger partial charge in [0.25, 0.3) is 5.91 Å². The van der Waals surface area contributed by atoms with Crippen molar-refractivity contribution in [1.29, 1.82) is 0 Å². The summed E-state index contributed by atoms with van der Waals surface area (Å²) in [6.07, 6.45) is 1.66. The first-order valence-electron chi connectivity index (χ1n) is 8.41. The van der Waals surface area contributed by atoms with Gasteiger partial charge in [0.15, 0.2) is 16.6 Å². The zero-order valence-corrected chi connectivity index (χ0v) is 16.1. The Bertz CT molecular complexity index is 950. The van der Waals surface area contributed by atoms with Crippen LogP contribution in [0.5, 0.6) is 11.5 Å². The molecule has 1 aliphatic rings. The number of esters is 1. The highest BCUT2D eigenvalue weighted by molar-refractivity contribution is 7.80. The summed E-state index contributed by atoms with van der Waals surface area (Å²) in [5.74, 6) is 0.741. The third kappa shape index (κ3) is 4.49. The standard InChI is InChI=1S/C19H18N2O6S/c1-3-25-16-9-11(8-13-17(22)21-19(28)20-13)4-6-14(16)26-10-12-5-7-15(27-12)18(23)24-2/h4-9H,3,10H2,1-2H3,(H2,20,21,22,28)/b13-8-. The number of benzene rings is 1. The second-order valence-corrected chi connectivity index (χ2v) is 6.06. The largest absolute Gasteiger partial charge is 0.490 e. The Hall–Kier alpha value is -3.33. The van der Waals surface area contributed by atoms with Gasteiger partial charge < -0.3 is 23.9 Å². The Balaban J connectivity index is 1.75. The van der Waals surface area contributed by atoms with Crippen LogP contribution in [0.3, 0.4) is 0 Å². The van der Waals surface area contributed by atoms with Crippen molar-refractivity contribution in [3.63, 3.8) is 0 Å². The minimum Gasteiger partial charge on any atom is -0.490 e. The summed E-state index contributed by atoms with van der Waals surface area (Å²) in [6, 6.07) is 8.42. The summed E-state index contributed by atoms with van der Waals surface area (Å²) in [6.45, 7) is 2.40. The van der Waals surface area contributed by atoms with Crippen LogP contribution in [0.4, 0.5) is 0 Å². The molecule has 1 amide bonds. The SMILES string of the molecule is CCOc1cc(/C=C2\NC(=S)NC2=O)ccc1OCc1ccc(C(=O)OC)o1. The van der Waals surface area contributed by atoms with E-state index in [0.717, 1.165) is 5.56 Å². The maximum absolute atomic E-state index is 11.8. The molecular formula is C19H18N2O6S. The molecule has 0 radical (unpaired) electrons. The van der Waals surface area contributed by atoms with E-state index in [1.54, 1.807) is 30.3 Å². The smallest absolute Gasteiger partial charge is 0.373 e. The molecule has 0 spiro atoms. The molecule has 1 aromatic carbocycles. The molecule has 0 saturated carbocycles. The van der Waals surface area contributed by atoms with Crippen molar-refractivity contribution in [2.75, 3.05) is 13.7 Å². The zero-order valence-electron chi connectivity index (χ0n) is 15.2.